The molecule has 1 unspecified atom stereocenters. The molecule has 0 saturated carbocycles. The van der Waals surface area contributed by atoms with Crippen LogP contribution in [0, 0.1) is 0 Å². The van der Waals surface area contributed by atoms with Crippen molar-refractivity contribution in [2.75, 3.05) is 18.0 Å². The third-order valence-corrected chi connectivity index (χ3v) is 5.42. The molecule has 2 aliphatic rings. The fourth-order valence-electron chi connectivity index (χ4n) is 4.08. The molecule has 2 nitrogen and oxygen atoms in total. The molecule has 0 amide bonds. The first-order chi connectivity index (χ1) is 10.3. The molecule has 1 aliphatic heterocycles. The Morgan fingerprint density at radius 3 is 2.64 bits per heavy atom. The summed E-state index contributed by atoms with van der Waals surface area (Å²) in [6.45, 7) is 7.08. The van der Waals surface area contributed by atoms with E-state index in [0.29, 0.717) is 6.04 Å². The van der Waals surface area contributed by atoms with E-state index in [1.54, 1.807) is 16.8 Å². The normalized spacial score (nSPS) is 19.9. The van der Waals surface area contributed by atoms with Crippen LogP contribution in [0.5, 0.6) is 0 Å². The molecular formula is C19H31ClN2. The van der Waals surface area contributed by atoms with E-state index in [9.17, 15) is 0 Å². The predicted octanol–water partition coefficient (Wildman–Crippen LogP) is 4.34. The van der Waals surface area contributed by atoms with Gasteiger partial charge in [-0.15, -0.1) is 12.4 Å². The van der Waals surface area contributed by atoms with Crippen molar-refractivity contribution in [1.82, 2.24) is 5.32 Å². The molecule has 3 rings (SSSR count). The van der Waals surface area contributed by atoms with Crippen molar-refractivity contribution in [3.8, 4) is 0 Å². The third kappa shape index (κ3) is 3.60. The first-order valence-electron chi connectivity index (χ1n) is 8.91. The lowest BCUT2D eigenvalue weighted by Crippen LogP contribution is -2.47. The molecule has 1 heterocycles. The van der Waals surface area contributed by atoms with Crippen molar-refractivity contribution in [1.29, 1.82) is 0 Å². The highest BCUT2D eigenvalue weighted by Gasteiger charge is 2.27. The molecule has 1 saturated heterocycles. The minimum absolute atomic E-state index is 0. The van der Waals surface area contributed by atoms with Crippen LogP contribution >= 0.6 is 12.4 Å². The second kappa shape index (κ2) is 8.21. The van der Waals surface area contributed by atoms with Gasteiger partial charge in [-0.1, -0.05) is 19.1 Å². The Kier molecular flexibility index (Phi) is 6.58. The Labute approximate surface area is 142 Å². The van der Waals surface area contributed by atoms with Crippen molar-refractivity contribution in [2.45, 2.75) is 70.9 Å². The van der Waals surface area contributed by atoms with E-state index in [2.05, 4.69) is 42.3 Å². The third-order valence-electron chi connectivity index (χ3n) is 5.42. The highest BCUT2D eigenvalue weighted by atomic mass is 35.5. The zero-order chi connectivity index (χ0) is 14.7. The molecule has 0 aromatic heterocycles. The Morgan fingerprint density at radius 2 is 1.91 bits per heavy atom. The first kappa shape index (κ1) is 17.6. The quantitative estimate of drug-likeness (QED) is 0.887. The van der Waals surface area contributed by atoms with Gasteiger partial charge in [0.1, 0.15) is 0 Å². The SMILES string of the molecule is CCC(C)N(c1cccc2c1CCCC2)C1CCNCC1.Cl. The van der Waals surface area contributed by atoms with Gasteiger partial charge in [0.05, 0.1) is 0 Å². The van der Waals surface area contributed by atoms with E-state index in [0.717, 1.165) is 6.04 Å². The number of aryl methyl sites for hydroxylation is 1. The van der Waals surface area contributed by atoms with Gasteiger partial charge in [0, 0.05) is 17.8 Å². The van der Waals surface area contributed by atoms with Gasteiger partial charge in [-0.25, -0.2) is 0 Å². The zero-order valence-corrected chi connectivity index (χ0v) is 14.9. The summed E-state index contributed by atoms with van der Waals surface area (Å²) in [6, 6.07) is 8.39. The highest BCUT2D eigenvalue weighted by molar-refractivity contribution is 5.85. The van der Waals surface area contributed by atoms with Crippen molar-refractivity contribution in [3.63, 3.8) is 0 Å². The van der Waals surface area contributed by atoms with E-state index in [4.69, 9.17) is 0 Å². The lowest BCUT2D eigenvalue weighted by Gasteiger charge is -2.42. The standard InChI is InChI=1S/C19H30N2.ClH/c1-3-15(2)21(17-11-13-20-14-12-17)19-10-6-8-16-7-4-5-9-18(16)19;/h6,8,10,15,17,20H,3-5,7,9,11-14H2,1-2H3;1H. The van der Waals surface area contributed by atoms with Gasteiger partial charge in [0.15, 0.2) is 0 Å². The van der Waals surface area contributed by atoms with E-state index in [-0.39, 0.29) is 12.4 Å². The molecule has 1 fully saturated rings. The molecule has 1 atom stereocenters. The molecule has 1 aromatic rings. The van der Waals surface area contributed by atoms with Crippen molar-refractivity contribution in [3.05, 3.63) is 29.3 Å². The van der Waals surface area contributed by atoms with E-state index >= 15 is 0 Å². The van der Waals surface area contributed by atoms with Crippen molar-refractivity contribution >= 4 is 18.1 Å². The van der Waals surface area contributed by atoms with Gasteiger partial charge < -0.3 is 10.2 Å². The molecule has 0 bridgehead atoms. The highest BCUT2D eigenvalue weighted by Crippen LogP contribution is 2.34. The van der Waals surface area contributed by atoms with Crippen LogP contribution in [0.1, 0.15) is 57.1 Å². The maximum absolute atomic E-state index is 3.51. The lowest BCUT2D eigenvalue weighted by molar-refractivity contribution is 0.401. The van der Waals surface area contributed by atoms with Crippen LogP contribution < -0.4 is 10.2 Å². The van der Waals surface area contributed by atoms with Crippen molar-refractivity contribution < 1.29 is 0 Å². The second-order valence-electron chi connectivity index (χ2n) is 6.77. The number of piperidine rings is 1. The maximum atomic E-state index is 3.51. The Balaban J connectivity index is 0.00000176. The molecule has 1 aromatic carbocycles. The van der Waals surface area contributed by atoms with Gasteiger partial charge in [-0.05, 0) is 82.2 Å². The van der Waals surface area contributed by atoms with Crippen LogP contribution in [0.15, 0.2) is 18.2 Å². The number of fused-ring (bicyclic) bond motifs is 1. The number of halogens is 1. The minimum Gasteiger partial charge on any atom is -0.366 e. The van der Waals surface area contributed by atoms with Crippen LogP contribution in [0.3, 0.4) is 0 Å². The van der Waals surface area contributed by atoms with Crippen LogP contribution in [0.2, 0.25) is 0 Å². The van der Waals surface area contributed by atoms with Gasteiger partial charge >= 0.3 is 0 Å². The summed E-state index contributed by atoms with van der Waals surface area (Å²) in [5, 5.41) is 3.51. The summed E-state index contributed by atoms with van der Waals surface area (Å²) in [5.41, 5.74) is 4.82. The summed E-state index contributed by atoms with van der Waals surface area (Å²) >= 11 is 0. The fourth-order valence-corrected chi connectivity index (χ4v) is 4.08. The largest absolute Gasteiger partial charge is 0.366 e. The topological polar surface area (TPSA) is 15.3 Å². The molecule has 3 heteroatoms. The number of hydrogen-bond acceptors (Lipinski definition) is 2. The summed E-state index contributed by atoms with van der Waals surface area (Å²) < 4.78 is 0. The summed E-state index contributed by atoms with van der Waals surface area (Å²) in [7, 11) is 0. The average Bonchev–Trinajstić information content (AvgIpc) is 2.56. The maximum Gasteiger partial charge on any atom is 0.0406 e. The number of hydrogen-bond donors (Lipinski definition) is 1. The number of anilines is 1. The molecule has 1 N–H and O–H groups in total. The molecule has 22 heavy (non-hydrogen) atoms. The van der Waals surface area contributed by atoms with Gasteiger partial charge in [0.2, 0.25) is 0 Å². The molecule has 124 valence electrons. The average molecular weight is 323 g/mol. The minimum atomic E-state index is 0. The van der Waals surface area contributed by atoms with Crippen LogP contribution in [-0.4, -0.2) is 25.2 Å². The molecule has 0 spiro atoms. The predicted molar refractivity (Wildman–Crippen MR) is 98.5 cm³/mol. The molecular weight excluding hydrogens is 292 g/mol. The van der Waals surface area contributed by atoms with Crippen LogP contribution in [-0.2, 0) is 12.8 Å². The number of benzene rings is 1. The smallest absolute Gasteiger partial charge is 0.0406 e. The lowest BCUT2D eigenvalue weighted by atomic mass is 9.88. The summed E-state index contributed by atoms with van der Waals surface area (Å²) in [5.74, 6) is 0. The monoisotopic (exact) mass is 322 g/mol. The fraction of sp³-hybridized carbons (Fsp3) is 0.684. The van der Waals surface area contributed by atoms with Crippen LogP contribution in [0.4, 0.5) is 5.69 Å². The Morgan fingerprint density at radius 1 is 1.18 bits per heavy atom. The molecule has 0 radical (unpaired) electrons. The van der Waals surface area contributed by atoms with E-state index in [1.165, 1.54) is 58.0 Å². The Bertz CT molecular complexity index is 469. The molecule has 1 aliphatic carbocycles. The number of nitrogens with one attached hydrogen (secondary N) is 1. The summed E-state index contributed by atoms with van der Waals surface area (Å²) in [6.07, 6.45) is 9.10. The van der Waals surface area contributed by atoms with Gasteiger partial charge in [-0.2, -0.15) is 0 Å². The van der Waals surface area contributed by atoms with Crippen LogP contribution in [0.25, 0.3) is 0 Å². The van der Waals surface area contributed by atoms with Crippen molar-refractivity contribution in [2.24, 2.45) is 0 Å². The van der Waals surface area contributed by atoms with Gasteiger partial charge in [-0.3, -0.25) is 0 Å². The zero-order valence-electron chi connectivity index (χ0n) is 14.1. The van der Waals surface area contributed by atoms with Gasteiger partial charge in [0.25, 0.3) is 0 Å². The Hall–Kier alpha value is -0.730. The second-order valence-corrected chi connectivity index (χ2v) is 6.77. The number of nitrogens with zero attached hydrogens (tertiary/aromatic N) is 1. The number of rotatable bonds is 4. The first-order valence-corrected chi connectivity index (χ1v) is 8.91. The van der Waals surface area contributed by atoms with E-state index in [1.807, 2.05) is 0 Å². The summed E-state index contributed by atoms with van der Waals surface area (Å²) in [4.78, 5) is 2.77. The van der Waals surface area contributed by atoms with E-state index < -0.39 is 0 Å².